The van der Waals surface area contributed by atoms with Crippen LogP contribution in [-0.2, 0) is 19.4 Å². The van der Waals surface area contributed by atoms with Crippen molar-refractivity contribution in [1.82, 2.24) is 15.1 Å². The summed E-state index contributed by atoms with van der Waals surface area (Å²) in [6.07, 6.45) is 6.79. The summed E-state index contributed by atoms with van der Waals surface area (Å²) in [6.45, 7) is 7.37. The Labute approximate surface area is 122 Å². The third kappa shape index (κ3) is 4.50. The van der Waals surface area contributed by atoms with Crippen molar-refractivity contribution in [2.75, 3.05) is 7.05 Å². The summed E-state index contributed by atoms with van der Waals surface area (Å²) in [5.41, 5.74) is 2.25. The number of nitrogens with one attached hydrogen (secondary N) is 1. The molecule has 0 saturated carbocycles. The lowest BCUT2D eigenvalue weighted by Crippen LogP contribution is -2.24. The zero-order valence-electron chi connectivity index (χ0n) is 12.8. The smallest absolute Gasteiger partial charge is 0.0849 e. The van der Waals surface area contributed by atoms with Crippen molar-refractivity contribution in [3.05, 3.63) is 16.4 Å². The van der Waals surface area contributed by atoms with Crippen molar-refractivity contribution < 1.29 is 0 Å². The van der Waals surface area contributed by atoms with E-state index in [4.69, 9.17) is 11.6 Å². The molecule has 0 fully saturated rings. The standard InChI is InChI=1S/C15H28ClN3/c1-5-9-12(17-4)10-8-11-14-15(16)13(6-2)18-19(14)7-3/h12,17H,5-11H2,1-4H3. The molecule has 1 aromatic rings. The van der Waals surface area contributed by atoms with Crippen molar-refractivity contribution in [1.29, 1.82) is 0 Å². The Morgan fingerprint density at radius 3 is 2.53 bits per heavy atom. The second-order valence-electron chi connectivity index (χ2n) is 5.04. The predicted octanol–water partition coefficient (Wildman–Crippen LogP) is 3.83. The van der Waals surface area contributed by atoms with E-state index in [2.05, 4.69) is 42.9 Å². The van der Waals surface area contributed by atoms with E-state index < -0.39 is 0 Å². The minimum absolute atomic E-state index is 0.632. The van der Waals surface area contributed by atoms with Crippen molar-refractivity contribution >= 4 is 11.6 Å². The van der Waals surface area contributed by atoms with Crippen LogP contribution in [0.2, 0.25) is 5.02 Å². The first-order valence-electron chi connectivity index (χ1n) is 7.59. The molecule has 0 saturated heterocycles. The van der Waals surface area contributed by atoms with Crippen LogP contribution in [0.25, 0.3) is 0 Å². The zero-order chi connectivity index (χ0) is 14.3. The molecule has 1 unspecified atom stereocenters. The number of hydrogen-bond acceptors (Lipinski definition) is 2. The molecule has 0 amide bonds. The number of aryl methyl sites for hydroxylation is 2. The Morgan fingerprint density at radius 2 is 2.00 bits per heavy atom. The zero-order valence-corrected chi connectivity index (χ0v) is 13.6. The first-order valence-corrected chi connectivity index (χ1v) is 7.96. The SMILES string of the molecule is CCCC(CCCc1c(Cl)c(CC)nn1CC)NC. The second-order valence-corrected chi connectivity index (χ2v) is 5.42. The highest BCUT2D eigenvalue weighted by atomic mass is 35.5. The molecule has 1 rings (SSSR count). The van der Waals surface area contributed by atoms with Crippen LogP contribution in [0, 0.1) is 0 Å². The molecule has 19 heavy (non-hydrogen) atoms. The van der Waals surface area contributed by atoms with E-state index in [0.717, 1.165) is 30.1 Å². The fourth-order valence-electron chi connectivity index (χ4n) is 2.55. The van der Waals surface area contributed by atoms with Crippen molar-refractivity contribution in [3.63, 3.8) is 0 Å². The Kier molecular flexibility index (Phi) is 7.47. The number of halogens is 1. The van der Waals surface area contributed by atoms with Gasteiger partial charge < -0.3 is 5.32 Å². The predicted molar refractivity (Wildman–Crippen MR) is 83.0 cm³/mol. The summed E-state index contributed by atoms with van der Waals surface area (Å²) >= 11 is 6.42. The van der Waals surface area contributed by atoms with Gasteiger partial charge in [0.1, 0.15) is 0 Å². The maximum Gasteiger partial charge on any atom is 0.0849 e. The average Bonchev–Trinajstić information content (AvgIpc) is 2.74. The molecular formula is C15H28ClN3. The molecule has 0 aliphatic heterocycles. The van der Waals surface area contributed by atoms with Gasteiger partial charge in [-0.1, -0.05) is 31.9 Å². The highest BCUT2D eigenvalue weighted by molar-refractivity contribution is 6.31. The number of hydrogen-bond donors (Lipinski definition) is 1. The molecule has 1 atom stereocenters. The van der Waals surface area contributed by atoms with E-state index in [1.807, 2.05) is 0 Å². The molecule has 1 heterocycles. The molecule has 1 aromatic heterocycles. The van der Waals surface area contributed by atoms with Gasteiger partial charge in [0.05, 0.1) is 16.4 Å². The molecule has 0 bridgehead atoms. The van der Waals surface area contributed by atoms with E-state index >= 15 is 0 Å². The van der Waals surface area contributed by atoms with Gasteiger partial charge in [-0.3, -0.25) is 4.68 Å². The molecule has 0 aliphatic rings. The van der Waals surface area contributed by atoms with Gasteiger partial charge in [-0.25, -0.2) is 0 Å². The lowest BCUT2D eigenvalue weighted by Gasteiger charge is -2.15. The number of aromatic nitrogens is 2. The van der Waals surface area contributed by atoms with Crippen LogP contribution in [-0.4, -0.2) is 22.9 Å². The van der Waals surface area contributed by atoms with Gasteiger partial charge in [-0.2, -0.15) is 5.10 Å². The monoisotopic (exact) mass is 285 g/mol. The maximum absolute atomic E-state index is 6.42. The molecule has 0 aliphatic carbocycles. The van der Waals surface area contributed by atoms with E-state index in [-0.39, 0.29) is 0 Å². The van der Waals surface area contributed by atoms with Crippen LogP contribution in [0.15, 0.2) is 0 Å². The van der Waals surface area contributed by atoms with E-state index in [0.29, 0.717) is 6.04 Å². The van der Waals surface area contributed by atoms with Crippen LogP contribution in [0.5, 0.6) is 0 Å². The van der Waals surface area contributed by atoms with E-state index in [1.54, 1.807) is 0 Å². The molecule has 4 heteroatoms. The van der Waals surface area contributed by atoms with Crippen LogP contribution < -0.4 is 5.32 Å². The summed E-state index contributed by atoms with van der Waals surface area (Å²) in [5.74, 6) is 0. The van der Waals surface area contributed by atoms with Gasteiger partial charge in [0, 0.05) is 12.6 Å². The molecule has 0 aromatic carbocycles. The van der Waals surface area contributed by atoms with Gasteiger partial charge in [0.15, 0.2) is 0 Å². The highest BCUT2D eigenvalue weighted by Gasteiger charge is 2.14. The normalized spacial score (nSPS) is 12.9. The first-order chi connectivity index (χ1) is 9.17. The Hall–Kier alpha value is -0.540. The van der Waals surface area contributed by atoms with E-state index in [9.17, 15) is 0 Å². The molecule has 3 nitrogen and oxygen atoms in total. The van der Waals surface area contributed by atoms with Crippen LogP contribution in [0.4, 0.5) is 0 Å². The third-order valence-electron chi connectivity index (χ3n) is 3.71. The summed E-state index contributed by atoms with van der Waals surface area (Å²) in [5, 5.41) is 8.85. The van der Waals surface area contributed by atoms with Crippen LogP contribution in [0.3, 0.4) is 0 Å². The van der Waals surface area contributed by atoms with Crippen molar-refractivity contribution in [2.45, 2.75) is 71.9 Å². The highest BCUT2D eigenvalue weighted by Crippen LogP contribution is 2.23. The number of nitrogens with zero attached hydrogens (tertiary/aromatic N) is 2. The number of rotatable bonds is 9. The lowest BCUT2D eigenvalue weighted by atomic mass is 10.0. The molecule has 1 N–H and O–H groups in total. The fraction of sp³-hybridized carbons (Fsp3) is 0.800. The largest absolute Gasteiger partial charge is 0.317 e. The summed E-state index contributed by atoms with van der Waals surface area (Å²) in [4.78, 5) is 0. The quantitative estimate of drug-likeness (QED) is 0.747. The van der Waals surface area contributed by atoms with Gasteiger partial charge in [0.2, 0.25) is 0 Å². The van der Waals surface area contributed by atoms with Crippen molar-refractivity contribution in [3.8, 4) is 0 Å². The molecule has 0 radical (unpaired) electrons. The topological polar surface area (TPSA) is 29.9 Å². The fourth-order valence-corrected chi connectivity index (χ4v) is 2.92. The summed E-state index contributed by atoms with van der Waals surface area (Å²) in [6, 6.07) is 0.632. The third-order valence-corrected chi connectivity index (χ3v) is 4.14. The Balaban J connectivity index is 2.59. The van der Waals surface area contributed by atoms with Gasteiger partial charge >= 0.3 is 0 Å². The van der Waals surface area contributed by atoms with Crippen molar-refractivity contribution in [2.24, 2.45) is 0 Å². The van der Waals surface area contributed by atoms with Crippen LogP contribution >= 0.6 is 11.6 Å². The Bertz CT molecular complexity index is 374. The lowest BCUT2D eigenvalue weighted by molar-refractivity contribution is 0.464. The van der Waals surface area contributed by atoms with Crippen LogP contribution in [0.1, 0.15) is 57.8 Å². The molecular weight excluding hydrogens is 258 g/mol. The summed E-state index contributed by atoms with van der Waals surface area (Å²) < 4.78 is 2.06. The summed E-state index contributed by atoms with van der Waals surface area (Å²) in [7, 11) is 2.05. The molecule has 110 valence electrons. The van der Waals surface area contributed by atoms with Gasteiger partial charge in [-0.15, -0.1) is 0 Å². The first kappa shape index (κ1) is 16.5. The maximum atomic E-state index is 6.42. The minimum Gasteiger partial charge on any atom is -0.317 e. The molecule has 0 spiro atoms. The van der Waals surface area contributed by atoms with E-state index in [1.165, 1.54) is 31.4 Å². The van der Waals surface area contributed by atoms with Gasteiger partial charge in [-0.05, 0) is 46.1 Å². The minimum atomic E-state index is 0.632. The average molecular weight is 286 g/mol. The Morgan fingerprint density at radius 1 is 1.26 bits per heavy atom. The second kappa shape index (κ2) is 8.60. The van der Waals surface area contributed by atoms with Gasteiger partial charge in [0.25, 0.3) is 0 Å².